The molecule has 0 unspecified atom stereocenters. The van der Waals surface area contributed by atoms with Gasteiger partial charge in [-0.3, -0.25) is 14.3 Å². The van der Waals surface area contributed by atoms with Crippen LogP contribution in [-0.4, -0.2) is 20.6 Å². The molecule has 0 N–H and O–H groups in total. The summed E-state index contributed by atoms with van der Waals surface area (Å²) < 4.78 is 2.81. The van der Waals surface area contributed by atoms with E-state index in [4.69, 9.17) is 0 Å². The molecule has 0 radical (unpaired) electrons. The summed E-state index contributed by atoms with van der Waals surface area (Å²) in [5.41, 5.74) is 2.47. The maximum Gasteiger partial charge on any atom is 0.330 e. The van der Waals surface area contributed by atoms with Gasteiger partial charge in [0.1, 0.15) is 0 Å². The summed E-state index contributed by atoms with van der Waals surface area (Å²) in [6.45, 7) is 2.29. The van der Waals surface area contributed by atoms with Crippen molar-refractivity contribution in [3.05, 3.63) is 68.0 Å². The Morgan fingerprint density at radius 1 is 1.05 bits per heavy atom. The van der Waals surface area contributed by atoms with Gasteiger partial charge in [-0.15, -0.1) is 0 Å². The summed E-state index contributed by atoms with van der Waals surface area (Å²) in [5.74, 6) is 0. The number of benzene rings is 1. The summed E-state index contributed by atoms with van der Waals surface area (Å²) in [4.78, 5) is 26.5. The predicted molar refractivity (Wildman–Crippen MR) is 81.2 cm³/mol. The van der Waals surface area contributed by atoms with Crippen LogP contribution >= 0.6 is 0 Å². The minimum Gasteiger partial charge on any atom is -0.300 e. The first-order chi connectivity index (χ1) is 10.1. The van der Waals surface area contributed by atoms with Crippen LogP contribution in [0.25, 0.3) is 0 Å². The molecule has 1 aliphatic rings. The highest BCUT2D eigenvalue weighted by Crippen LogP contribution is 2.16. The Bertz CT molecular complexity index is 775. The van der Waals surface area contributed by atoms with Crippen molar-refractivity contribution in [3.63, 3.8) is 0 Å². The summed E-state index contributed by atoms with van der Waals surface area (Å²) in [6.07, 6.45) is 0.740. The molecule has 1 aliphatic heterocycles. The third kappa shape index (κ3) is 2.45. The van der Waals surface area contributed by atoms with E-state index in [9.17, 15) is 9.59 Å². The van der Waals surface area contributed by atoms with Crippen LogP contribution in [0.5, 0.6) is 0 Å². The molecule has 5 nitrogen and oxygen atoms in total. The minimum atomic E-state index is -0.241. The molecular weight excluding hydrogens is 266 g/mol. The fourth-order valence-electron chi connectivity index (χ4n) is 2.98. The first-order valence-electron chi connectivity index (χ1n) is 7.12. The van der Waals surface area contributed by atoms with Crippen molar-refractivity contribution in [1.29, 1.82) is 0 Å². The average molecular weight is 285 g/mol. The van der Waals surface area contributed by atoms with E-state index in [0.29, 0.717) is 6.54 Å². The van der Waals surface area contributed by atoms with Crippen LogP contribution in [0.4, 0.5) is 0 Å². The zero-order valence-electron chi connectivity index (χ0n) is 12.4. The van der Waals surface area contributed by atoms with Crippen LogP contribution in [0.1, 0.15) is 16.8 Å². The van der Waals surface area contributed by atoms with Crippen LogP contribution in [0, 0.1) is 0 Å². The zero-order valence-corrected chi connectivity index (χ0v) is 12.4. The monoisotopic (exact) mass is 285 g/mol. The number of rotatable bonds is 2. The molecule has 110 valence electrons. The average Bonchev–Trinajstić information content (AvgIpc) is 2.52. The lowest BCUT2D eigenvalue weighted by molar-refractivity contribution is 0.237. The molecule has 1 aromatic heterocycles. The van der Waals surface area contributed by atoms with Crippen LogP contribution in [-0.2, 0) is 33.6 Å². The third-order valence-electron chi connectivity index (χ3n) is 4.19. The van der Waals surface area contributed by atoms with Gasteiger partial charge in [-0.2, -0.15) is 0 Å². The standard InChI is InChI=1S/C16H19N3O2/c1-17-14-8-9-19(10-12-6-4-3-5-7-12)11-13(14)15(20)18(2)16(17)21/h3-7H,8-11H2,1-2H3. The van der Waals surface area contributed by atoms with Crippen molar-refractivity contribution in [2.45, 2.75) is 19.5 Å². The van der Waals surface area contributed by atoms with Crippen LogP contribution < -0.4 is 11.2 Å². The van der Waals surface area contributed by atoms with Gasteiger partial charge in [-0.1, -0.05) is 30.3 Å². The second-order valence-corrected chi connectivity index (χ2v) is 5.58. The normalized spacial score (nSPS) is 15.0. The lowest BCUT2D eigenvalue weighted by Crippen LogP contribution is -2.45. The molecule has 0 spiro atoms. The minimum absolute atomic E-state index is 0.161. The highest BCUT2D eigenvalue weighted by atomic mass is 16.2. The van der Waals surface area contributed by atoms with Crippen molar-refractivity contribution < 1.29 is 0 Å². The van der Waals surface area contributed by atoms with E-state index in [1.54, 1.807) is 18.7 Å². The summed E-state index contributed by atoms with van der Waals surface area (Å²) in [7, 11) is 3.29. The van der Waals surface area contributed by atoms with E-state index in [1.807, 2.05) is 18.2 Å². The SMILES string of the molecule is Cn1c2c(c(=O)n(C)c1=O)CN(Cc1ccccc1)CC2. The van der Waals surface area contributed by atoms with Gasteiger partial charge in [0.15, 0.2) is 0 Å². The molecule has 0 amide bonds. The van der Waals surface area contributed by atoms with Crippen molar-refractivity contribution in [3.8, 4) is 0 Å². The first-order valence-corrected chi connectivity index (χ1v) is 7.12. The molecule has 0 atom stereocenters. The molecular formula is C16H19N3O2. The fraction of sp³-hybridized carbons (Fsp3) is 0.375. The van der Waals surface area contributed by atoms with Crippen LogP contribution in [0.2, 0.25) is 0 Å². The predicted octanol–water partition coefficient (Wildman–Crippen LogP) is 0.642. The van der Waals surface area contributed by atoms with Crippen molar-refractivity contribution in [1.82, 2.24) is 14.0 Å². The Kier molecular flexibility index (Phi) is 3.51. The number of hydrogen-bond acceptors (Lipinski definition) is 3. The Morgan fingerprint density at radius 2 is 1.76 bits per heavy atom. The van der Waals surface area contributed by atoms with Gasteiger partial charge in [0.05, 0.1) is 5.56 Å². The van der Waals surface area contributed by atoms with E-state index >= 15 is 0 Å². The Labute approximate surface area is 123 Å². The zero-order chi connectivity index (χ0) is 15.0. The van der Waals surface area contributed by atoms with E-state index in [0.717, 1.165) is 30.8 Å². The summed E-state index contributed by atoms with van der Waals surface area (Å²) in [6, 6.07) is 10.2. The molecule has 2 heterocycles. The largest absolute Gasteiger partial charge is 0.330 e. The molecule has 21 heavy (non-hydrogen) atoms. The van der Waals surface area contributed by atoms with Gasteiger partial charge in [-0.25, -0.2) is 4.79 Å². The molecule has 0 bridgehead atoms. The second-order valence-electron chi connectivity index (χ2n) is 5.58. The molecule has 2 aromatic rings. The Morgan fingerprint density at radius 3 is 2.48 bits per heavy atom. The Balaban J connectivity index is 1.93. The summed E-state index contributed by atoms with van der Waals surface area (Å²) in [5, 5.41) is 0. The lowest BCUT2D eigenvalue weighted by Gasteiger charge is -2.29. The summed E-state index contributed by atoms with van der Waals surface area (Å²) >= 11 is 0. The lowest BCUT2D eigenvalue weighted by atomic mass is 10.1. The van der Waals surface area contributed by atoms with Crippen LogP contribution in [0.3, 0.4) is 0 Å². The van der Waals surface area contributed by atoms with Gasteiger partial charge < -0.3 is 4.57 Å². The van der Waals surface area contributed by atoms with Crippen molar-refractivity contribution in [2.75, 3.05) is 6.54 Å². The second kappa shape index (κ2) is 5.33. The maximum atomic E-state index is 12.3. The Hall–Kier alpha value is -2.14. The molecule has 5 heteroatoms. The van der Waals surface area contributed by atoms with Crippen molar-refractivity contribution in [2.24, 2.45) is 14.1 Å². The van der Waals surface area contributed by atoms with E-state index < -0.39 is 0 Å². The molecule has 3 rings (SSSR count). The van der Waals surface area contributed by atoms with Gasteiger partial charge in [-0.05, 0) is 5.56 Å². The van der Waals surface area contributed by atoms with Gasteiger partial charge in [0, 0.05) is 45.8 Å². The van der Waals surface area contributed by atoms with Crippen molar-refractivity contribution >= 4 is 0 Å². The fourth-order valence-corrected chi connectivity index (χ4v) is 2.98. The van der Waals surface area contributed by atoms with Gasteiger partial charge >= 0.3 is 5.69 Å². The van der Waals surface area contributed by atoms with Gasteiger partial charge in [0.2, 0.25) is 0 Å². The molecule has 0 saturated heterocycles. The third-order valence-corrected chi connectivity index (χ3v) is 4.19. The highest BCUT2D eigenvalue weighted by molar-refractivity contribution is 5.22. The molecule has 0 saturated carbocycles. The first kappa shape index (κ1) is 13.8. The number of hydrogen-bond donors (Lipinski definition) is 0. The van der Waals surface area contributed by atoms with Gasteiger partial charge in [0.25, 0.3) is 5.56 Å². The molecule has 1 aromatic carbocycles. The smallest absolute Gasteiger partial charge is 0.300 e. The quantitative estimate of drug-likeness (QED) is 0.813. The highest BCUT2D eigenvalue weighted by Gasteiger charge is 2.23. The number of fused-ring (bicyclic) bond motifs is 1. The molecule has 0 aliphatic carbocycles. The topological polar surface area (TPSA) is 47.2 Å². The van der Waals surface area contributed by atoms with E-state index in [2.05, 4.69) is 17.0 Å². The van der Waals surface area contributed by atoms with Crippen LogP contribution in [0.15, 0.2) is 39.9 Å². The number of nitrogens with zero attached hydrogens (tertiary/aromatic N) is 3. The number of aromatic nitrogens is 2. The maximum absolute atomic E-state index is 12.3. The van der Waals surface area contributed by atoms with E-state index in [-0.39, 0.29) is 11.2 Å². The molecule has 0 fully saturated rings. The van der Waals surface area contributed by atoms with E-state index in [1.165, 1.54) is 10.1 Å².